The SMILES string of the molecule is O=[N+]([O-])c1cc(CCBr)ccc1O. The van der Waals surface area contributed by atoms with E-state index in [0.29, 0.717) is 6.42 Å². The predicted octanol–water partition coefficient (Wildman–Crippen LogP) is 2.24. The Labute approximate surface area is 83.5 Å². The Bertz CT molecular complexity index is 327. The highest BCUT2D eigenvalue weighted by molar-refractivity contribution is 9.09. The highest BCUT2D eigenvalue weighted by Crippen LogP contribution is 2.26. The Morgan fingerprint density at radius 3 is 2.77 bits per heavy atom. The third-order valence-electron chi connectivity index (χ3n) is 1.62. The highest BCUT2D eigenvalue weighted by atomic mass is 79.9. The molecule has 0 radical (unpaired) electrons. The first-order valence-electron chi connectivity index (χ1n) is 3.67. The molecule has 0 aliphatic heterocycles. The molecule has 0 atom stereocenters. The minimum atomic E-state index is -0.590. The summed E-state index contributed by atoms with van der Waals surface area (Å²) in [5.74, 6) is -0.289. The van der Waals surface area contributed by atoms with E-state index in [1.54, 1.807) is 6.07 Å². The Morgan fingerprint density at radius 2 is 2.23 bits per heavy atom. The first kappa shape index (κ1) is 9.98. The van der Waals surface area contributed by atoms with Crippen molar-refractivity contribution >= 4 is 21.6 Å². The quantitative estimate of drug-likeness (QED) is 0.505. The van der Waals surface area contributed by atoms with Crippen LogP contribution in [0, 0.1) is 10.1 Å². The summed E-state index contributed by atoms with van der Waals surface area (Å²) in [5.41, 5.74) is 0.597. The van der Waals surface area contributed by atoms with E-state index in [-0.39, 0.29) is 11.4 Å². The van der Waals surface area contributed by atoms with Crippen LogP contribution >= 0.6 is 15.9 Å². The van der Waals surface area contributed by atoms with Crippen molar-refractivity contribution in [2.24, 2.45) is 0 Å². The largest absolute Gasteiger partial charge is 0.502 e. The number of nitro groups is 1. The summed E-state index contributed by atoms with van der Waals surface area (Å²) in [4.78, 5) is 9.82. The lowest BCUT2D eigenvalue weighted by Crippen LogP contribution is -1.92. The fourth-order valence-electron chi connectivity index (χ4n) is 0.980. The molecule has 0 amide bonds. The summed E-state index contributed by atoms with van der Waals surface area (Å²) < 4.78 is 0. The molecule has 0 aliphatic rings. The molecule has 0 aliphatic carbocycles. The van der Waals surface area contributed by atoms with Gasteiger partial charge in [-0.1, -0.05) is 22.0 Å². The number of hydrogen-bond donors (Lipinski definition) is 1. The summed E-state index contributed by atoms with van der Waals surface area (Å²) in [5, 5.41) is 20.3. The van der Waals surface area contributed by atoms with Crippen molar-refractivity contribution < 1.29 is 10.0 Å². The molecule has 1 N–H and O–H groups in total. The fraction of sp³-hybridized carbons (Fsp3) is 0.250. The third kappa shape index (κ3) is 2.42. The zero-order valence-corrected chi connectivity index (χ0v) is 8.32. The minimum absolute atomic E-state index is 0.238. The molecule has 0 aromatic heterocycles. The summed E-state index contributed by atoms with van der Waals surface area (Å²) in [6.45, 7) is 0. The van der Waals surface area contributed by atoms with Crippen molar-refractivity contribution in [2.75, 3.05) is 5.33 Å². The van der Waals surface area contributed by atoms with Crippen LogP contribution in [0.3, 0.4) is 0 Å². The van der Waals surface area contributed by atoms with Gasteiger partial charge in [0.25, 0.3) is 0 Å². The lowest BCUT2D eigenvalue weighted by Gasteiger charge is -1.99. The van der Waals surface area contributed by atoms with E-state index in [4.69, 9.17) is 5.11 Å². The molecule has 70 valence electrons. The number of nitrogens with zero attached hydrogens (tertiary/aromatic N) is 1. The zero-order chi connectivity index (χ0) is 9.84. The molecule has 1 aromatic carbocycles. The second-order valence-electron chi connectivity index (χ2n) is 2.52. The summed E-state index contributed by atoms with van der Waals surface area (Å²) >= 11 is 3.23. The highest BCUT2D eigenvalue weighted by Gasteiger charge is 2.12. The van der Waals surface area contributed by atoms with E-state index in [1.807, 2.05) is 0 Å². The number of hydrogen-bond acceptors (Lipinski definition) is 3. The number of phenols is 1. The van der Waals surface area contributed by atoms with Crippen LogP contribution in [-0.2, 0) is 6.42 Å². The molecule has 1 aromatic rings. The van der Waals surface area contributed by atoms with E-state index in [2.05, 4.69) is 15.9 Å². The van der Waals surface area contributed by atoms with Crippen LogP contribution in [0.5, 0.6) is 5.75 Å². The second-order valence-corrected chi connectivity index (χ2v) is 3.31. The number of benzene rings is 1. The van der Waals surface area contributed by atoms with Crippen molar-refractivity contribution in [1.29, 1.82) is 0 Å². The maximum Gasteiger partial charge on any atom is 0.310 e. The monoisotopic (exact) mass is 245 g/mol. The van der Waals surface area contributed by atoms with Crippen LogP contribution < -0.4 is 0 Å². The molecule has 0 heterocycles. The molecule has 0 saturated heterocycles. The van der Waals surface area contributed by atoms with Gasteiger partial charge in [-0.2, -0.15) is 0 Å². The molecular weight excluding hydrogens is 238 g/mol. The van der Waals surface area contributed by atoms with Crippen molar-refractivity contribution in [3.63, 3.8) is 0 Å². The van der Waals surface area contributed by atoms with E-state index in [1.165, 1.54) is 12.1 Å². The zero-order valence-electron chi connectivity index (χ0n) is 6.74. The van der Waals surface area contributed by atoms with Gasteiger partial charge in [-0.3, -0.25) is 10.1 Å². The molecule has 5 heteroatoms. The van der Waals surface area contributed by atoms with Crippen molar-refractivity contribution in [2.45, 2.75) is 6.42 Å². The van der Waals surface area contributed by atoms with Gasteiger partial charge in [-0.25, -0.2) is 0 Å². The van der Waals surface area contributed by atoms with Gasteiger partial charge >= 0.3 is 5.69 Å². The Kier molecular flexibility index (Phi) is 3.25. The lowest BCUT2D eigenvalue weighted by molar-refractivity contribution is -0.385. The van der Waals surface area contributed by atoms with Crippen molar-refractivity contribution in [3.05, 3.63) is 33.9 Å². The fourth-order valence-corrected chi connectivity index (χ4v) is 1.44. The second kappa shape index (κ2) is 4.23. The molecule has 13 heavy (non-hydrogen) atoms. The number of nitro benzene ring substituents is 1. The van der Waals surface area contributed by atoms with Crippen LogP contribution in [0.4, 0.5) is 5.69 Å². The molecule has 1 rings (SSSR count). The third-order valence-corrected chi connectivity index (χ3v) is 2.02. The molecule has 4 nitrogen and oxygen atoms in total. The maximum absolute atomic E-state index is 10.4. The Hall–Kier alpha value is -1.10. The van der Waals surface area contributed by atoms with Gasteiger partial charge in [0, 0.05) is 11.4 Å². The number of aryl methyl sites for hydroxylation is 1. The van der Waals surface area contributed by atoms with Crippen LogP contribution in [0.25, 0.3) is 0 Å². The summed E-state index contributed by atoms with van der Waals surface area (Å²) in [6, 6.07) is 4.40. The average Bonchev–Trinajstić information content (AvgIpc) is 2.08. The Balaban J connectivity index is 3.04. The molecule has 0 spiro atoms. The number of halogens is 1. The van der Waals surface area contributed by atoms with Crippen LogP contribution in [-0.4, -0.2) is 15.4 Å². The predicted molar refractivity (Wildman–Crippen MR) is 52.3 cm³/mol. The molecule has 0 fully saturated rings. The van der Waals surface area contributed by atoms with Crippen LogP contribution in [0.2, 0.25) is 0 Å². The number of phenolic OH excluding ortho intramolecular Hbond substituents is 1. The van der Waals surface area contributed by atoms with Crippen molar-refractivity contribution in [3.8, 4) is 5.75 Å². The minimum Gasteiger partial charge on any atom is -0.502 e. The smallest absolute Gasteiger partial charge is 0.310 e. The van der Waals surface area contributed by atoms with Gasteiger partial charge in [0.05, 0.1) is 4.92 Å². The van der Waals surface area contributed by atoms with E-state index >= 15 is 0 Å². The summed E-state index contributed by atoms with van der Waals surface area (Å²) in [6.07, 6.45) is 0.709. The van der Waals surface area contributed by atoms with E-state index in [9.17, 15) is 10.1 Å². The molecule has 0 saturated carbocycles. The first-order chi connectivity index (χ1) is 6.15. The first-order valence-corrected chi connectivity index (χ1v) is 4.79. The van der Waals surface area contributed by atoms with Gasteiger partial charge in [0.2, 0.25) is 0 Å². The Morgan fingerprint density at radius 1 is 1.54 bits per heavy atom. The average molecular weight is 246 g/mol. The number of alkyl halides is 1. The maximum atomic E-state index is 10.4. The standard InChI is InChI=1S/C8H8BrNO3/c9-4-3-6-1-2-8(11)7(5-6)10(12)13/h1-2,5,11H,3-4H2. The van der Waals surface area contributed by atoms with Crippen molar-refractivity contribution in [1.82, 2.24) is 0 Å². The lowest BCUT2D eigenvalue weighted by atomic mass is 10.1. The number of rotatable bonds is 3. The van der Waals surface area contributed by atoms with Crippen LogP contribution in [0.1, 0.15) is 5.56 Å². The molecule has 0 bridgehead atoms. The normalized spacial score (nSPS) is 9.92. The topological polar surface area (TPSA) is 63.4 Å². The van der Waals surface area contributed by atoms with E-state index < -0.39 is 4.92 Å². The number of aromatic hydroxyl groups is 1. The van der Waals surface area contributed by atoms with Gasteiger partial charge in [-0.05, 0) is 18.1 Å². The van der Waals surface area contributed by atoms with Gasteiger partial charge < -0.3 is 5.11 Å². The van der Waals surface area contributed by atoms with Crippen LogP contribution in [0.15, 0.2) is 18.2 Å². The van der Waals surface area contributed by atoms with Gasteiger partial charge in [0.1, 0.15) is 0 Å². The summed E-state index contributed by atoms with van der Waals surface area (Å²) in [7, 11) is 0. The van der Waals surface area contributed by atoms with E-state index in [0.717, 1.165) is 10.9 Å². The van der Waals surface area contributed by atoms with Gasteiger partial charge in [-0.15, -0.1) is 0 Å². The molecule has 0 unspecified atom stereocenters. The van der Waals surface area contributed by atoms with Gasteiger partial charge in [0.15, 0.2) is 5.75 Å². The molecular formula is C8H8BrNO3.